The molecule has 0 aromatic carbocycles. The van der Waals surface area contributed by atoms with Crippen LogP contribution in [0, 0.1) is 6.92 Å². The van der Waals surface area contributed by atoms with Gasteiger partial charge in [0, 0.05) is 10.6 Å². The predicted octanol–water partition coefficient (Wildman–Crippen LogP) is 2.29. The minimum atomic E-state index is 0.391. The minimum absolute atomic E-state index is 0.391. The van der Waals surface area contributed by atoms with Crippen LogP contribution in [-0.4, -0.2) is 9.97 Å². The normalized spacial score (nSPS) is 9.17. The smallest absolute Gasteiger partial charge is 0.130 e. The molecule has 0 unspecified atom stereocenters. The SMILES string of the molecule is CCc1cc(N=[N+]=[N-])nc(C)n1. The van der Waals surface area contributed by atoms with E-state index in [1.54, 1.807) is 13.0 Å². The Bertz CT molecular complexity index is 327. The van der Waals surface area contributed by atoms with Crippen molar-refractivity contribution in [2.45, 2.75) is 20.3 Å². The van der Waals surface area contributed by atoms with Gasteiger partial charge < -0.3 is 0 Å². The maximum absolute atomic E-state index is 8.17. The van der Waals surface area contributed by atoms with Gasteiger partial charge in [-0.05, 0) is 30.1 Å². The van der Waals surface area contributed by atoms with Crippen molar-refractivity contribution >= 4 is 5.82 Å². The van der Waals surface area contributed by atoms with Crippen molar-refractivity contribution in [1.29, 1.82) is 0 Å². The Morgan fingerprint density at radius 1 is 1.58 bits per heavy atom. The quantitative estimate of drug-likeness (QED) is 0.381. The van der Waals surface area contributed by atoms with Gasteiger partial charge in [0.25, 0.3) is 0 Å². The van der Waals surface area contributed by atoms with Gasteiger partial charge in [0.15, 0.2) is 0 Å². The molecule has 0 spiro atoms. The molecule has 1 aromatic rings. The first kappa shape index (κ1) is 8.49. The van der Waals surface area contributed by atoms with Crippen LogP contribution in [-0.2, 0) is 6.42 Å². The summed E-state index contributed by atoms with van der Waals surface area (Å²) < 4.78 is 0. The maximum Gasteiger partial charge on any atom is 0.130 e. The van der Waals surface area contributed by atoms with E-state index < -0.39 is 0 Å². The van der Waals surface area contributed by atoms with E-state index in [4.69, 9.17) is 5.53 Å². The second-order valence-electron chi connectivity index (χ2n) is 2.31. The molecule has 0 saturated carbocycles. The molecule has 0 amide bonds. The summed E-state index contributed by atoms with van der Waals surface area (Å²) in [6.07, 6.45) is 0.817. The monoisotopic (exact) mass is 163 g/mol. The number of nitrogens with zero attached hydrogens (tertiary/aromatic N) is 5. The summed E-state index contributed by atoms with van der Waals surface area (Å²) in [7, 11) is 0. The standard InChI is InChI=1S/C7H9N5/c1-3-6-4-7(11-12-8)10-5(2)9-6/h4H,3H2,1-2H3. The van der Waals surface area contributed by atoms with Crippen molar-refractivity contribution in [3.8, 4) is 0 Å². The number of azide groups is 1. The van der Waals surface area contributed by atoms with Crippen molar-refractivity contribution in [3.05, 3.63) is 28.0 Å². The molecule has 1 heterocycles. The molecule has 5 nitrogen and oxygen atoms in total. The van der Waals surface area contributed by atoms with E-state index in [0.717, 1.165) is 12.1 Å². The fourth-order valence-corrected chi connectivity index (χ4v) is 0.890. The van der Waals surface area contributed by atoms with Gasteiger partial charge >= 0.3 is 0 Å². The van der Waals surface area contributed by atoms with E-state index in [2.05, 4.69) is 20.0 Å². The van der Waals surface area contributed by atoms with Gasteiger partial charge in [-0.3, -0.25) is 0 Å². The number of hydrogen-bond acceptors (Lipinski definition) is 3. The summed E-state index contributed by atoms with van der Waals surface area (Å²) >= 11 is 0. The number of aromatic nitrogens is 2. The summed E-state index contributed by atoms with van der Waals surface area (Å²) in [5, 5.41) is 3.41. The van der Waals surface area contributed by atoms with Crippen LogP contribution < -0.4 is 0 Å². The summed E-state index contributed by atoms with van der Waals surface area (Å²) in [6.45, 7) is 3.76. The van der Waals surface area contributed by atoms with Crippen molar-refractivity contribution in [3.63, 3.8) is 0 Å². The van der Waals surface area contributed by atoms with E-state index in [0.29, 0.717) is 11.6 Å². The zero-order chi connectivity index (χ0) is 8.97. The Kier molecular flexibility index (Phi) is 2.61. The Morgan fingerprint density at radius 2 is 2.33 bits per heavy atom. The second-order valence-corrected chi connectivity index (χ2v) is 2.31. The Morgan fingerprint density at radius 3 is 2.92 bits per heavy atom. The van der Waals surface area contributed by atoms with E-state index in [1.165, 1.54) is 0 Å². The third-order valence-corrected chi connectivity index (χ3v) is 1.39. The van der Waals surface area contributed by atoms with Crippen LogP contribution in [0.25, 0.3) is 10.4 Å². The highest BCUT2D eigenvalue weighted by Crippen LogP contribution is 2.10. The molecule has 0 aliphatic rings. The average Bonchev–Trinajstić information content (AvgIpc) is 2.04. The number of rotatable bonds is 2. The lowest BCUT2D eigenvalue weighted by atomic mass is 10.3. The molecular formula is C7H9N5. The minimum Gasteiger partial charge on any atom is -0.238 e. The number of hydrogen-bond donors (Lipinski definition) is 0. The first-order chi connectivity index (χ1) is 5.76. The molecule has 0 saturated heterocycles. The third-order valence-electron chi connectivity index (χ3n) is 1.39. The zero-order valence-corrected chi connectivity index (χ0v) is 7.02. The second kappa shape index (κ2) is 3.69. The van der Waals surface area contributed by atoms with Crippen molar-refractivity contribution < 1.29 is 0 Å². The molecule has 12 heavy (non-hydrogen) atoms. The average molecular weight is 163 g/mol. The molecular weight excluding hydrogens is 154 g/mol. The molecule has 0 fully saturated rings. The van der Waals surface area contributed by atoms with E-state index >= 15 is 0 Å². The molecule has 0 atom stereocenters. The molecule has 0 aliphatic carbocycles. The molecule has 1 rings (SSSR count). The largest absolute Gasteiger partial charge is 0.238 e. The summed E-state index contributed by atoms with van der Waals surface area (Å²) in [6, 6.07) is 1.69. The maximum atomic E-state index is 8.17. The van der Waals surface area contributed by atoms with Gasteiger partial charge in [0.2, 0.25) is 0 Å². The van der Waals surface area contributed by atoms with Crippen LogP contribution in [0.3, 0.4) is 0 Å². The topological polar surface area (TPSA) is 74.5 Å². The Hall–Kier alpha value is -1.61. The Balaban J connectivity index is 3.14. The van der Waals surface area contributed by atoms with Gasteiger partial charge in [0.05, 0.1) is 0 Å². The van der Waals surface area contributed by atoms with Crippen molar-refractivity contribution in [2.24, 2.45) is 5.11 Å². The van der Waals surface area contributed by atoms with Crippen LogP contribution in [0.2, 0.25) is 0 Å². The van der Waals surface area contributed by atoms with Crippen molar-refractivity contribution in [2.75, 3.05) is 0 Å². The van der Waals surface area contributed by atoms with E-state index in [-0.39, 0.29) is 0 Å². The molecule has 0 N–H and O–H groups in total. The third kappa shape index (κ3) is 1.93. The van der Waals surface area contributed by atoms with Crippen LogP contribution in [0.1, 0.15) is 18.4 Å². The predicted molar refractivity (Wildman–Crippen MR) is 45.0 cm³/mol. The van der Waals surface area contributed by atoms with Gasteiger partial charge in [0.1, 0.15) is 11.6 Å². The number of aryl methyl sites for hydroxylation is 2. The fourth-order valence-electron chi connectivity index (χ4n) is 0.890. The van der Waals surface area contributed by atoms with Gasteiger partial charge in [-0.15, -0.1) is 0 Å². The lowest BCUT2D eigenvalue weighted by Crippen LogP contribution is -1.92. The fraction of sp³-hybridized carbons (Fsp3) is 0.429. The molecule has 0 bridgehead atoms. The molecule has 5 heteroatoms. The lowest BCUT2D eigenvalue weighted by molar-refractivity contribution is 0.946. The lowest BCUT2D eigenvalue weighted by Gasteiger charge is -1.98. The van der Waals surface area contributed by atoms with Crippen molar-refractivity contribution in [1.82, 2.24) is 9.97 Å². The van der Waals surface area contributed by atoms with Crippen LogP contribution in [0.4, 0.5) is 5.82 Å². The van der Waals surface area contributed by atoms with Crippen LogP contribution in [0.15, 0.2) is 11.2 Å². The first-order valence-corrected chi connectivity index (χ1v) is 3.66. The molecule has 0 aliphatic heterocycles. The van der Waals surface area contributed by atoms with Gasteiger partial charge in [-0.25, -0.2) is 9.97 Å². The molecule has 1 aromatic heterocycles. The zero-order valence-electron chi connectivity index (χ0n) is 7.02. The first-order valence-electron chi connectivity index (χ1n) is 3.66. The van der Waals surface area contributed by atoms with Crippen LogP contribution in [0.5, 0.6) is 0 Å². The highest BCUT2D eigenvalue weighted by Gasteiger charge is 1.97. The Labute approximate surface area is 70.1 Å². The summed E-state index contributed by atoms with van der Waals surface area (Å²) in [4.78, 5) is 10.7. The summed E-state index contributed by atoms with van der Waals surface area (Å²) in [5.41, 5.74) is 9.07. The van der Waals surface area contributed by atoms with E-state index in [9.17, 15) is 0 Å². The highest BCUT2D eigenvalue weighted by molar-refractivity contribution is 5.28. The molecule has 62 valence electrons. The van der Waals surface area contributed by atoms with Gasteiger partial charge in [-0.1, -0.05) is 6.92 Å². The van der Waals surface area contributed by atoms with Crippen LogP contribution >= 0.6 is 0 Å². The summed E-state index contributed by atoms with van der Waals surface area (Å²) in [5.74, 6) is 1.03. The van der Waals surface area contributed by atoms with Gasteiger partial charge in [-0.2, -0.15) is 0 Å². The highest BCUT2D eigenvalue weighted by atomic mass is 15.2. The molecule has 0 radical (unpaired) electrons. The van der Waals surface area contributed by atoms with E-state index in [1.807, 2.05) is 6.92 Å².